The van der Waals surface area contributed by atoms with E-state index in [0.29, 0.717) is 11.8 Å². The third kappa shape index (κ3) is 3.73. The minimum atomic E-state index is 0.000953. The van der Waals surface area contributed by atoms with Crippen LogP contribution in [0.5, 0.6) is 0 Å². The van der Waals surface area contributed by atoms with Crippen molar-refractivity contribution in [3.63, 3.8) is 0 Å². The standard InChI is InChI=1S/C32H47N2/c1-20(2)22-19-23-27(32(10,11)18-17-31(23,8)9)26(21(3)4)28(22)34-25-16-14-13-15-24(25)33(12)29(34)30(5,6)7/h13-16,19-21H,17-18H2,1-12H3/q+1. The molecule has 2 aromatic carbocycles. The van der Waals surface area contributed by atoms with Crippen LogP contribution in [0.2, 0.25) is 0 Å². The van der Waals surface area contributed by atoms with Gasteiger partial charge in [-0.1, -0.05) is 73.6 Å². The summed E-state index contributed by atoms with van der Waals surface area (Å²) in [6.07, 6.45) is 2.48. The summed E-state index contributed by atoms with van der Waals surface area (Å²) in [5, 5.41) is 0. The predicted molar refractivity (Wildman–Crippen MR) is 147 cm³/mol. The van der Waals surface area contributed by atoms with Crippen molar-refractivity contribution in [1.29, 1.82) is 0 Å². The highest BCUT2D eigenvalue weighted by Crippen LogP contribution is 2.52. The number of para-hydroxylation sites is 2. The summed E-state index contributed by atoms with van der Waals surface area (Å²) in [5.41, 5.74) is 10.7. The fourth-order valence-corrected chi connectivity index (χ4v) is 6.49. The van der Waals surface area contributed by atoms with Gasteiger partial charge in [-0.25, -0.2) is 4.57 Å². The van der Waals surface area contributed by atoms with Crippen LogP contribution in [0.1, 0.15) is 129 Å². The van der Waals surface area contributed by atoms with Gasteiger partial charge in [-0.2, -0.15) is 4.57 Å². The second-order valence-corrected chi connectivity index (χ2v) is 13.7. The lowest BCUT2D eigenvalue weighted by molar-refractivity contribution is -0.657. The Morgan fingerprint density at radius 3 is 2.03 bits per heavy atom. The summed E-state index contributed by atoms with van der Waals surface area (Å²) in [4.78, 5) is 0. The number of hydrogen-bond donors (Lipinski definition) is 0. The second-order valence-electron chi connectivity index (χ2n) is 13.7. The van der Waals surface area contributed by atoms with Crippen molar-refractivity contribution in [2.24, 2.45) is 7.05 Å². The first-order valence-corrected chi connectivity index (χ1v) is 13.3. The average molecular weight is 460 g/mol. The maximum atomic E-state index is 2.64. The third-order valence-electron chi connectivity index (χ3n) is 8.26. The molecule has 1 aromatic heterocycles. The van der Waals surface area contributed by atoms with E-state index in [4.69, 9.17) is 0 Å². The van der Waals surface area contributed by atoms with Crippen LogP contribution >= 0.6 is 0 Å². The smallest absolute Gasteiger partial charge is 0.229 e. The van der Waals surface area contributed by atoms with E-state index >= 15 is 0 Å². The van der Waals surface area contributed by atoms with Crippen LogP contribution in [-0.4, -0.2) is 4.57 Å². The zero-order valence-electron chi connectivity index (χ0n) is 23.9. The molecule has 0 saturated carbocycles. The number of fused-ring (bicyclic) bond motifs is 2. The van der Waals surface area contributed by atoms with Crippen LogP contribution in [0.25, 0.3) is 16.7 Å². The van der Waals surface area contributed by atoms with Crippen molar-refractivity contribution in [3.8, 4) is 5.69 Å². The van der Waals surface area contributed by atoms with E-state index in [1.807, 2.05) is 0 Å². The molecule has 0 amide bonds. The number of hydrogen-bond acceptors (Lipinski definition) is 0. The number of aromatic nitrogens is 2. The van der Waals surface area contributed by atoms with E-state index in [2.05, 4.69) is 123 Å². The predicted octanol–water partition coefficient (Wildman–Crippen LogP) is 8.35. The summed E-state index contributed by atoms with van der Waals surface area (Å²) < 4.78 is 5.07. The molecule has 0 N–H and O–H groups in total. The van der Waals surface area contributed by atoms with Gasteiger partial charge in [0.15, 0.2) is 11.0 Å². The summed E-state index contributed by atoms with van der Waals surface area (Å²) in [7, 11) is 2.25. The van der Waals surface area contributed by atoms with E-state index in [-0.39, 0.29) is 16.2 Å². The second kappa shape index (κ2) is 7.97. The normalized spacial score (nSPS) is 17.6. The number of nitrogens with zero attached hydrogens (tertiary/aromatic N) is 2. The van der Waals surface area contributed by atoms with E-state index in [9.17, 15) is 0 Å². The van der Waals surface area contributed by atoms with E-state index < -0.39 is 0 Å². The van der Waals surface area contributed by atoms with Crippen molar-refractivity contribution < 1.29 is 4.57 Å². The first-order chi connectivity index (χ1) is 15.6. The van der Waals surface area contributed by atoms with Crippen molar-refractivity contribution in [2.45, 2.75) is 117 Å². The molecule has 2 heteroatoms. The van der Waals surface area contributed by atoms with Gasteiger partial charge < -0.3 is 0 Å². The number of aryl methyl sites for hydroxylation is 1. The number of imidazole rings is 1. The molecule has 0 spiro atoms. The molecule has 0 bridgehead atoms. The molecule has 1 aliphatic rings. The number of rotatable bonds is 3. The lowest BCUT2D eigenvalue weighted by Crippen LogP contribution is -2.40. The molecule has 3 aromatic rings. The highest BCUT2D eigenvalue weighted by atomic mass is 15.2. The van der Waals surface area contributed by atoms with Gasteiger partial charge in [0.1, 0.15) is 5.69 Å². The summed E-state index contributed by atoms with van der Waals surface area (Å²) in [6.45, 7) is 26.5. The van der Waals surface area contributed by atoms with Crippen molar-refractivity contribution in [1.82, 2.24) is 4.57 Å². The maximum Gasteiger partial charge on any atom is 0.267 e. The highest BCUT2D eigenvalue weighted by Gasteiger charge is 2.44. The maximum absolute atomic E-state index is 2.64. The van der Waals surface area contributed by atoms with Crippen molar-refractivity contribution in [2.75, 3.05) is 0 Å². The van der Waals surface area contributed by atoms with Gasteiger partial charge in [0, 0.05) is 11.1 Å². The van der Waals surface area contributed by atoms with Gasteiger partial charge >= 0.3 is 0 Å². The van der Waals surface area contributed by atoms with E-state index in [1.54, 1.807) is 16.7 Å². The Hall–Kier alpha value is -2.09. The zero-order chi connectivity index (χ0) is 25.4. The Bertz CT molecular complexity index is 1240. The Balaban J connectivity index is 2.31. The lowest BCUT2D eigenvalue weighted by atomic mass is 9.60. The molecule has 34 heavy (non-hydrogen) atoms. The van der Waals surface area contributed by atoms with Crippen LogP contribution in [0.15, 0.2) is 30.3 Å². The largest absolute Gasteiger partial charge is 0.267 e. The van der Waals surface area contributed by atoms with Gasteiger partial charge in [0.05, 0.1) is 12.5 Å². The molecule has 1 heterocycles. The van der Waals surface area contributed by atoms with Crippen LogP contribution in [0.4, 0.5) is 0 Å². The molecular weight excluding hydrogens is 412 g/mol. The average Bonchev–Trinajstić information content (AvgIpc) is 3.02. The summed E-state index contributed by atoms with van der Waals surface area (Å²) in [6, 6.07) is 11.6. The molecule has 0 atom stereocenters. The van der Waals surface area contributed by atoms with Gasteiger partial charge in [-0.15, -0.1) is 0 Å². The van der Waals surface area contributed by atoms with E-state index in [0.717, 1.165) is 0 Å². The molecule has 184 valence electrons. The number of benzene rings is 2. The van der Waals surface area contributed by atoms with Crippen molar-refractivity contribution >= 4 is 11.0 Å². The molecule has 0 aliphatic heterocycles. The monoisotopic (exact) mass is 459 g/mol. The SMILES string of the molecule is CC(C)c1cc2c(c(C(C)C)c1-n1c(C(C)(C)C)[n+](C)c3ccccc31)C(C)(C)CCC2(C)C. The molecular formula is C32H47N2+. The van der Waals surface area contributed by atoms with Gasteiger partial charge in [0.2, 0.25) is 0 Å². The molecule has 4 rings (SSSR count). The molecule has 0 fully saturated rings. The molecule has 1 aliphatic carbocycles. The van der Waals surface area contributed by atoms with Crippen molar-refractivity contribution in [3.05, 3.63) is 58.4 Å². The Morgan fingerprint density at radius 1 is 0.882 bits per heavy atom. The van der Waals surface area contributed by atoms with Gasteiger partial charge in [0.25, 0.3) is 5.82 Å². The molecule has 0 saturated heterocycles. The fraction of sp³-hybridized carbons (Fsp3) is 0.594. The van der Waals surface area contributed by atoms with Gasteiger partial charge in [-0.3, -0.25) is 0 Å². The first-order valence-electron chi connectivity index (χ1n) is 13.3. The Labute approximate surface area is 208 Å². The third-order valence-corrected chi connectivity index (χ3v) is 8.26. The van der Waals surface area contributed by atoms with Crippen LogP contribution in [0.3, 0.4) is 0 Å². The van der Waals surface area contributed by atoms with Crippen LogP contribution in [0, 0.1) is 0 Å². The van der Waals surface area contributed by atoms with Gasteiger partial charge in [-0.05, 0) is 79.5 Å². The topological polar surface area (TPSA) is 8.81 Å². The minimum Gasteiger partial charge on any atom is -0.229 e. The molecule has 2 nitrogen and oxygen atoms in total. The first kappa shape index (κ1) is 25.0. The zero-order valence-corrected chi connectivity index (χ0v) is 23.9. The molecule has 0 unspecified atom stereocenters. The Morgan fingerprint density at radius 2 is 1.47 bits per heavy atom. The summed E-state index contributed by atoms with van der Waals surface area (Å²) >= 11 is 0. The van der Waals surface area contributed by atoms with Crippen LogP contribution < -0.4 is 4.57 Å². The quantitative estimate of drug-likeness (QED) is 0.348. The Kier molecular flexibility index (Phi) is 5.86. The highest BCUT2D eigenvalue weighted by molar-refractivity contribution is 5.77. The fourth-order valence-electron chi connectivity index (χ4n) is 6.49. The lowest BCUT2D eigenvalue weighted by Gasteiger charge is -2.44. The summed E-state index contributed by atoms with van der Waals surface area (Å²) in [5.74, 6) is 2.25. The van der Waals surface area contributed by atoms with Crippen LogP contribution in [-0.2, 0) is 23.3 Å². The van der Waals surface area contributed by atoms with E-state index in [1.165, 1.54) is 41.0 Å². The molecule has 0 radical (unpaired) electrons. The minimum absolute atomic E-state index is 0.000953.